The Kier molecular flexibility index (Phi) is 1.60. The van der Waals surface area contributed by atoms with Crippen LogP contribution in [0.3, 0.4) is 0 Å². The lowest BCUT2D eigenvalue weighted by molar-refractivity contribution is 2.09. The quantitative estimate of drug-likeness (QED) is 0.541. The third kappa shape index (κ3) is 1.35. The van der Waals surface area contributed by atoms with Gasteiger partial charge in [0.05, 0.1) is 0 Å². The van der Waals surface area contributed by atoms with Gasteiger partial charge < -0.3 is 0 Å². The first-order valence-corrected chi connectivity index (χ1v) is 4.39. The molecule has 0 aromatic heterocycles. The second-order valence-electron chi connectivity index (χ2n) is 1.34. The van der Waals surface area contributed by atoms with Crippen molar-refractivity contribution >= 4 is 26.8 Å². The van der Waals surface area contributed by atoms with E-state index < -0.39 is 0 Å². The topological polar surface area (TPSA) is 0 Å². The SMILES string of the molecule is [CH2][SH]1C=CC(Br)=C1. The van der Waals surface area contributed by atoms with Gasteiger partial charge in [0.2, 0.25) is 0 Å². The van der Waals surface area contributed by atoms with Crippen LogP contribution in [0.1, 0.15) is 0 Å². The first kappa shape index (κ1) is 5.45. The van der Waals surface area contributed by atoms with Crippen molar-refractivity contribution in [1.29, 1.82) is 0 Å². The van der Waals surface area contributed by atoms with Gasteiger partial charge in [-0.15, -0.1) is 0 Å². The van der Waals surface area contributed by atoms with Crippen LogP contribution in [-0.2, 0) is 0 Å². The van der Waals surface area contributed by atoms with Gasteiger partial charge in [0.25, 0.3) is 0 Å². The van der Waals surface area contributed by atoms with Gasteiger partial charge >= 0.3 is 0 Å². The largest absolute Gasteiger partial charge is 0.211 e. The molecule has 1 atom stereocenters. The summed E-state index contributed by atoms with van der Waals surface area (Å²) in [5.74, 6) is 0. The third-order valence-corrected chi connectivity index (χ3v) is 2.70. The van der Waals surface area contributed by atoms with Crippen molar-refractivity contribution in [2.75, 3.05) is 0 Å². The molecule has 0 saturated carbocycles. The lowest BCUT2D eigenvalue weighted by Crippen LogP contribution is -1.47. The maximum absolute atomic E-state index is 3.86. The molecule has 1 radical (unpaired) electrons. The Labute approximate surface area is 54.8 Å². The molecular weight excluding hydrogens is 172 g/mol. The number of thiol groups is 1. The van der Waals surface area contributed by atoms with E-state index in [9.17, 15) is 0 Å². The molecule has 0 N–H and O–H groups in total. The summed E-state index contributed by atoms with van der Waals surface area (Å²) < 4.78 is 1.17. The molecular formula is C5H6BrS. The lowest BCUT2D eigenvalue weighted by Gasteiger charge is -1.92. The summed E-state index contributed by atoms with van der Waals surface area (Å²) in [5.41, 5.74) is 0. The molecule has 0 nitrogen and oxygen atoms in total. The van der Waals surface area contributed by atoms with E-state index >= 15 is 0 Å². The summed E-state index contributed by atoms with van der Waals surface area (Å²) in [6.07, 6.45) is 5.90. The average Bonchev–Trinajstić information content (AvgIpc) is 1.87. The highest BCUT2D eigenvalue weighted by atomic mass is 79.9. The number of hydrogen-bond donors (Lipinski definition) is 1. The third-order valence-electron chi connectivity index (χ3n) is 0.714. The van der Waals surface area contributed by atoms with Gasteiger partial charge in [-0.25, -0.2) is 10.9 Å². The number of rotatable bonds is 0. The van der Waals surface area contributed by atoms with Gasteiger partial charge in [-0.3, -0.25) is 0 Å². The molecule has 2 heteroatoms. The van der Waals surface area contributed by atoms with E-state index in [2.05, 4.69) is 33.0 Å². The molecule has 39 valence electrons. The molecule has 1 rings (SSSR count). The van der Waals surface area contributed by atoms with Crippen molar-refractivity contribution in [1.82, 2.24) is 0 Å². The molecule has 0 aliphatic carbocycles. The summed E-state index contributed by atoms with van der Waals surface area (Å²) >= 11 is 3.33. The molecule has 0 aromatic rings. The summed E-state index contributed by atoms with van der Waals surface area (Å²) in [4.78, 5) is 0. The van der Waals surface area contributed by atoms with E-state index in [1.807, 2.05) is 6.08 Å². The van der Waals surface area contributed by atoms with Crippen molar-refractivity contribution in [2.45, 2.75) is 0 Å². The first-order valence-electron chi connectivity index (χ1n) is 1.93. The van der Waals surface area contributed by atoms with Crippen molar-refractivity contribution in [2.24, 2.45) is 0 Å². The predicted molar refractivity (Wildman–Crippen MR) is 40.5 cm³/mol. The average molecular weight is 178 g/mol. The van der Waals surface area contributed by atoms with Gasteiger partial charge in [-0.05, 0) is 23.1 Å². The Morgan fingerprint density at radius 1 is 1.71 bits per heavy atom. The van der Waals surface area contributed by atoms with E-state index in [0.717, 1.165) is 0 Å². The van der Waals surface area contributed by atoms with Crippen LogP contribution in [0.25, 0.3) is 0 Å². The minimum atomic E-state index is -0.144. The van der Waals surface area contributed by atoms with E-state index in [0.29, 0.717) is 0 Å². The first-order chi connectivity index (χ1) is 3.29. The smallest absolute Gasteiger partial charge is 0.0228 e. The molecule has 1 unspecified atom stereocenters. The molecule has 0 spiro atoms. The standard InChI is InChI=1S/C5H6BrS/c1-7-3-2-5(6)4-7/h2-4,7H,1H2. The Morgan fingerprint density at radius 2 is 2.43 bits per heavy atom. The van der Waals surface area contributed by atoms with Gasteiger partial charge in [-0.1, -0.05) is 15.9 Å². The van der Waals surface area contributed by atoms with E-state index in [4.69, 9.17) is 0 Å². The predicted octanol–water partition coefficient (Wildman–Crippen LogP) is 2.54. The van der Waals surface area contributed by atoms with Crippen LogP contribution in [0, 0.1) is 6.26 Å². The number of allylic oxidation sites excluding steroid dienone is 2. The summed E-state index contributed by atoms with van der Waals surface area (Å²) in [7, 11) is -0.144. The van der Waals surface area contributed by atoms with Crippen LogP contribution in [0.5, 0.6) is 0 Å². The van der Waals surface area contributed by atoms with Gasteiger partial charge in [0, 0.05) is 4.48 Å². The van der Waals surface area contributed by atoms with Crippen molar-refractivity contribution in [3.63, 3.8) is 0 Å². The molecule has 0 aromatic carbocycles. The van der Waals surface area contributed by atoms with Gasteiger partial charge in [0.1, 0.15) is 0 Å². The highest BCUT2D eigenvalue weighted by Gasteiger charge is 1.94. The van der Waals surface area contributed by atoms with Crippen LogP contribution in [0.2, 0.25) is 0 Å². The fourth-order valence-corrected chi connectivity index (χ4v) is 2.38. The molecule has 1 heterocycles. The van der Waals surface area contributed by atoms with Crippen LogP contribution in [0.15, 0.2) is 21.4 Å². The summed E-state index contributed by atoms with van der Waals surface area (Å²) in [5, 5.41) is 4.23. The molecule has 0 bridgehead atoms. The van der Waals surface area contributed by atoms with E-state index in [-0.39, 0.29) is 10.9 Å². The Morgan fingerprint density at radius 3 is 2.57 bits per heavy atom. The second-order valence-corrected chi connectivity index (χ2v) is 3.84. The maximum atomic E-state index is 3.86. The minimum absolute atomic E-state index is 0.144. The van der Waals surface area contributed by atoms with Crippen molar-refractivity contribution in [3.8, 4) is 0 Å². The molecule has 1 aliphatic heterocycles. The Balaban J connectivity index is 2.69. The highest BCUT2D eigenvalue weighted by Crippen LogP contribution is 2.35. The second kappa shape index (κ2) is 2.05. The van der Waals surface area contributed by atoms with Gasteiger partial charge in [-0.2, -0.15) is 0 Å². The fourth-order valence-electron chi connectivity index (χ4n) is 0.411. The molecule has 0 saturated heterocycles. The number of halogens is 1. The van der Waals surface area contributed by atoms with Crippen molar-refractivity contribution in [3.05, 3.63) is 27.6 Å². The Bertz CT molecular complexity index is 126. The van der Waals surface area contributed by atoms with Crippen LogP contribution in [0.4, 0.5) is 0 Å². The zero-order chi connectivity index (χ0) is 5.28. The van der Waals surface area contributed by atoms with Gasteiger partial charge in [0.15, 0.2) is 0 Å². The summed E-state index contributed by atoms with van der Waals surface area (Å²) in [6.45, 7) is 0. The Hall–Kier alpha value is 0.310. The maximum Gasteiger partial charge on any atom is 0.0228 e. The molecule has 0 amide bonds. The summed E-state index contributed by atoms with van der Waals surface area (Å²) in [6, 6.07) is 0. The molecule has 1 aliphatic rings. The van der Waals surface area contributed by atoms with Crippen molar-refractivity contribution < 1.29 is 0 Å². The normalized spacial score (nSPS) is 33.4. The lowest BCUT2D eigenvalue weighted by atomic mass is 10.6. The highest BCUT2D eigenvalue weighted by molar-refractivity contribution is 9.12. The van der Waals surface area contributed by atoms with Crippen LogP contribution < -0.4 is 0 Å². The van der Waals surface area contributed by atoms with Crippen LogP contribution >= 0.6 is 26.8 Å². The molecule has 7 heavy (non-hydrogen) atoms. The fraction of sp³-hybridized carbons (Fsp3) is 0. The molecule has 0 fully saturated rings. The van der Waals surface area contributed by atoms with Crippen LogP contribution in [-0.4, -0.2) is 0 Å². The zero-order valence-electron chi connectivity index (χ0n) is 3.76. The number of hydrogen-bond acceptors (Lipinski definition) is 0. The zero-order valence-corrected chi connectivity index (χ0v) is 6.24. The minimum Gasteiger partial charge on any atom is -0.211 e. The monoisotopic (exact) mass is 177 g/mol. The van der Waals surface area contributed by atoms with E-state index in [1.165, 1.54) is 4.48 Å². The van der Waals surface area contributed by atoms with E-state index in [1.54, 1.807) is 0 Å².